The summed E-state index contributed by atoms with van der Waals surface area (Å²) in [5.41, 5.74) is 1.97. The van der Waals surface area contributed by atoms with Gasteiger partial charge >= 0.3 is 17.1 Å². The van der Waals surface area contributed by atoms with Gasteiger partial charge in [-0.1, -0.05) is 97.1 Å². The fourth-order valence-electron chi connectivity index (χ4n) is 5.25. The molecule has 0 amide bonds. The molecule has 0 heterocycles. The van der Waals surface area contributed by atoms with Gasteiger partial charge in [0.15, 0.2) is 6.35 Å². The van der Waals surface area contributed by atoms with E-state index >= 15 is 0 Å². The minimum atomic E-state index is -2.08. The average molecular weight is 819 g/mol. The van der Waals surface area contributed by atoms with E-state index in [1.54, 1.807) is 7.05 Å². The second kappa shape index (κ2) is 20.2. The first-order chi connectivity index (χ1) is 23.0. The first-order valence-corrected chi connectivity index (χ1v) is 18.0. The Hall–Kier alpha value is -3.53. The maximum Gasteiger partial charge on any atom is 2.00 e. The summed E-state index contributed by atoms with van der Waals surface area (Å²) in [6, 6.07) is 46.1. The van der Waals surface area contributed by atoms with Crippen LogP contribution in [-0.2, 0) is 47.1 Å². The molecule has 0 atom stereocenters. The van der Waals surface area contributed by atoms with Crippen molar-refractivity contribution in [2.24, 2.45) is 20.4 Å². The van der Waals surface area contributed by atoms with Crippen molar-refractivity contribution in [2.75, 3.05) is 26.5 Å². The third-order valence-electron chi connectivity index (χ3n) is 7.53. The molecule has 0 unspecified atom stereocenters. The SMILES string of the molecule is CNC([S-])=NN=C(C(C)=NN=C([S-])NCCOC[P+](c1ccccc1)(c1ccccc1)c1ccccc1)c1cccc2ccccc12.[Br-].[Cu+2]. The number of nitrogens with one attached hydrogen (secondary N) is 2. The Morgan fingerprint density at radius 2 is 1.16 bits per heavy atom. The van der Waals surface area contributed by atoms with Gasteiger partial charge in [0.05, 0.1) is 12.3 Å². The van der Waals surface area contributed by atoms with Crippen LogP contribution in [0.1, 0.15) is 12.5 Å². The fraction of sp³-hybridized carbons (Fsp3) is 0.135. The Kier molecular flexibility index (Phi) is 16.5. The molecule has 5 aromatic carbocycles. The van der Waals surface area contributed by atoms with Crippen LogP contribution < -0.4 is 43.5 Å². The number of hydrogen-bond donors (Lipinski definition) is 2. The molecule has 255 valence electrons. The van der Waals surface area contributed by atoms with Gasteiger partial charge in [-0.2, -0.15) is 15.3 Å². The van der Waals surface area contributed by atoms with Crippen LogP contribution in [0.15, 0.2) is 154 Å². The normalized spacial score (nSPS) is 12.5. The molecule has 7 nitrogen and oxygen atoms in total. The molecule has 0 saturated heterocycles. The van der Waals surface area contributed by atoms with E-state index in [0.29, 0.717) is 30.9 Å². The van der Waals surface area contributed by atoms with Crippen LogP contribution in [0.25, 0.3) is 10.8 Å². The molecule has 49 heavy (non-hydrogen) atoms. The van der Waals surface area contributed by atoms with Crippen LogP contribution in [-0.4, -0.2) is 48.3 Å². The van der Waals surface area contributed by atoms with Gasteiger partial charge in [0.1, 0.15) is 28.9 Å². The predicted octanol–water partition coefficient (Wildman–Crippen LogP) is 2.50. The van der Waals surface area contributed by atoms with Crippen molar-refractivity contribution in [1.82, 2.24) is 10.6 Å². The molecule has 0 saturated carbocycles. The maximum atomic E-state index is 6.44. The number of rotatable bonds is 12. The number of fused-ring (bicyclic) bond motifs is 1. The number of halogens is 1. The second-order valence-corrected chi connectivity index (χ2v) is 14.7. The van der Waals surface area contributed by atoms with Gasteiger partial charge in [-0.05, 0) is 64.4 Å². The van der Waals surface area contributed by atoms with Crippen molar-refractivity contribution < 1.29 is 38.8 Å². The van der Waals surface area contributed by atoms with E-state index < -0.39 is 7.26 Å². The standard InChI is InChI=1S/C37H37N6OPS2.BrH.Cu/c1-28(35(41-42-36(46)38-2)34-24-14-16-29-15-12-13-23-33(29)34)40-43-37(47)39-25-26-44-27-45(30-17-6-3-7-18-30,31-19-8-4-9-20-31)32-21-10-5-11-22-32;;/h3-24H,25-27H2,1-2H3,(H3-,38,39,40,41,42,43,46,47);1H;/q;;+2/p-2. The molecule has 1 radical (unpaired) electrons. The number of benzene rings is 5. The summed E-state index contributed by atoms with van der Waals surface area (Å²) in [6.45, 7) is 2.74. The minimum absolute atomic E-state index is 0. The summed E-state index contributed by atoms with van der Waals surface area (Å²) in [4.78, 5) is 0. The number of nitrogens with zero attached hydrogens (tertiary/aromatic N) is 4. The van der Waals surface area contributed by atoms with Crippen LogP contribution >= 0.6 is 7.26 Å². The van der Waals surface area contributed by atoms with E-state index in [0.717, 1.165) is 16.3 Å². The number of amidine groups is 2. The third kappa shape index (κ3) is 10.2. The van der Waals surface area contributed by atoms with Crippen molar-refractivity contribution in [3.8, 4) is 0 Å². The van der Waals surface area contributed by atoms with E-state index in [1.807, 2.05) is 37.3 Å². The van der Waals surface area contributed by atoms with E-state index in [-0.39, 0.29) is 44.4 Å². The summed E-state index contributed by atoms with van der Waals surface area (Å²) in [7, 11) is -0.377. The third-order valence-corrected chi connectivity index (χ3v) is 12.2. The van der Waals surface area contributed by atoms with Gasteiger partial charge in [-0.25, -0.2) is 0 Å². The molecule has 2 N–H and O–H groups in total. The summed E-state index contributed by atoms with van der Waals surface area (Å²) < 4.78 is 6.44. The Bertz CT molecular complexity index is 1800. The van der Waals surface area contributed by atoms with Gasteiger partial charge in [-0.3, -0.25) is 0 Å². The summed E-state index contributed by atoms with van der Waals surface area (Å²) in [5, 5.41) is 29.7. The van der Waals surface area contributed by atoms with Crippen LogP contribution in [0.4, 0.5) is 0 Å². The Morgan fingerprint density at radius 3 is 1.73 bits per heavy atom. The van der Waals surface area contributed by atoms with Gasteiger partial charge in [0.25, 0.3) is 0 Å². The Balaban J connectivity index is 0.00000325. The molecule has 0 fully saturated rings. The molecular weight excluding hydrogens is 783 g/mol. The maximum absolute atomic E-state index is 6.44. The van der Waals surface area contributed by atoms with Crippen LogP contribution in [0, 0.1) is 0 Å². The quantitative estimate of drug-likeness (QED) is 0.0385. The Morgan fingerprint density at radius 1 is 0.653 bits per heavy atom. The molecule has 5 rings (SSSR count). The molecule has 5 aromatic rings. The molecule has 0 bridgehead atoms. The van der Waals surface area contributed by atoms with Crippen molar-refractivity contribution >= 4 is 81.0 Å². The van der Waals surface area contributed by atoms with Gasteiger partial charge < -0.3 is 57.6 Å². The van der Waals surface area contributed by atoms with E-state index in [1.165, 1.54) is 15.9 Å². The van der Waals surface area contributed by atoms with E-state index in [9.17, 15) is 0 Å². The molecule has 0 aliphatic heterocycles. The fourth-order valence-corrected chi connectivity index (χ4v) is 9.22. The molecule has 0 spiro atoms. The van der Waals surface area contributed by atoms with Crippen LogP contribution in [0.5, 0.6) is 0 Å². The van der Waals surface area contributed by atoms with Crippen molar-refractivity contribution in [3.05, 3.63) is 139 Å². The molecule has 12 heteroatoms. The van der Waals surface area contributed by atoms with Crippen molar-refractivity contribution in [3.63, 3.8) is 0 Å². The molecule has 0 aliphatic rings. The zero-order valence-electron chi connectivity index (χ0n) is 27.0. The minimum Gasteiger partial charge on any atom is -1.00 e. The largest absolute Gasteiger partial charge is 2.00 e. The number of hydrogen-bond acceptors (Lipinski definition) is 7. The number of ether oxygens (including phenoxy) is 1. The average Bonchev–Trinajstić information content (AvgIpc) is 3.13. The van der Waals surface area contributed by atoms with Gasteiger partial charge in [-0.15, -0.1) is 5.10 Å². The zero-order valence-corrected chi connectivity index (χ0v) is 32.0. The van der Waals surface area contributed by atoms with Gasteiger partial charge in [0, 0.05) is 19.2 Å². The predicted molar refractivity (Wildman–Crippen MR) is 206 cm³/mol. The van der Waals surface area contributed by atoms with E-state index in [2.05, 4.69) is 134 Å². The summed E-state index contributed by atoms with van der Waals surface area (Å²) in [5.74, 6) is 0. The summed E-state index contributed by atoms with van der Waals surface area (Å²) >= 11 is 10.7. The summed E-state index contributed by atoms with van der Waals surface area (Å²) in [6.07, 6.45) is 0.552. The van der Waals surface area contributed by atoms with Crippen molar-refractivity contribution in [2.45, 2.75) is 6.92 Å². The zero-order chi connectivity index (χ0) is 32.9. The first-order valence-electron chi connectivity index (χ1n) is 15.2. The van der Waals surface area contributed by atoms with Crippen LogP contribution in [0.2, 0.25) is 0 Å². The van der Waals surface area contributed by atoms with Crippen LogP contribution in [0.3, 0.4) is 0 Å². The smallest absolute Gasteiger partial charge is 1.00 e. The monoisotopic (exact) mass is 817 g/mol. The van der Waals surface area contributed by atoms with E-state index in [4.69, 9.17) is 30.0 Å². The van der Waals surface area contributed by atoms with Crippen molar-refractivity contribution in [1.29, 1.82) is 0 Å². The molecule has 0 aliphatic carbocycles. The second-order valence-electron chi connectivity index (χ2n) is 10.5. The van der Waals surface area contributed by atoms with Gasteiger partial charge in [0.2, 0.25) is 0 Å². The molecule has 0 aromatic heterocycles. The molecular formula is C37H36BrCuN6OPS2. The Labute approximate surface area is 321 Å². The topological polar surface area (TPSA) is 82.7 Å². The first kappa shape index (κ1) is 39.9.